The first kappa shape index (κ1) is 22.7. The van der Waals surface area contributed by atoms with Crippen LogP contribution in [0.5, 0.6) is 0 Å². The Labute approximate surface area is 210 Å². The summed E-state index contributed by atoms with van der Waals surface area (Å²) in [5.41, 5.74) is 5.64. The molecule has 0 aliphatic carbocycles. The number of aromatic nitrogens is 4. The van der Waals surface area contributed by atoms with Crippen molar-refractivity contribution < 1.29 is 0 Å². The average molecular weight is 503 g/mol. The number of thioether (sulfide) groups is 1. The summed E-state index contributed by atoms with van der Waals surface area (Å²) in [6, 6.07) is 20.1. The fraction of sp³-hybridized carbons (Fsp3) is 0.154. The summed E-state index contributed by atoms with van der Waals surface area (Å²) < 4.78 is 4.76. The third-order valence-electron chi connectivity index (χ3n) is 5.56. The summed E-state index contributed by atoms with van der Waals surface area (Å²) in [7, 11) is 0. The van der Waals surface area contributed by atoms with Gasteiger partial charge >= 0.3 is 0 Å². The summed E-state index contributed by atoms with van der Waals surface area (Å²) in [6.07, 6.45) is 4.55. The van der Waals surface area contributed by atoms with Crippen molar-refractivity contribution in [1.82, 2.24) is 19.1 Å². The van der Waals surface area contributed by atoms with Crippen molar-refractivity contribution in [2.75, 3.05) is 0 Å². The Kier molecular flexibility index (Phi) is 6.45. The fourth-order valence-corrected chi connectivity index (χ4v) is 5.94. The van der Waals surface area contributed by atoms with E-state index in [1.54, 1.807) is 10.8 Å². The van der Waals surface area contributed by atoms with Gasteiger partial charge < -0.3 is 0 Å². The van der Waals surface area contributed by atoms with E-state index in [9.17, 15) is 4.79 Å². The molecule has 0 aliphatic heterocycles. The van der Waals surface area contributed by atoms with Gasteiger partial charge in [-0.2, -0.15) is 0 Å². The van der Waals surface area contributed by atoms with Crippen molar-refractivity contribution >= 4 is 45.7 Å². The highest BCUT2D eigenvalue weighted by Crippen LogP contribution is 2.29. The van der Waals surface area contributed by atoms with Crippen LogP contribution in [0.15, 0.2) is 83.0 Å². The molecule has 5 nitrogen and oxygen atoms in total. The molecule has 5 rings (SSSR count). The number of nitrogens with zero attached hydrogens (tertiary/aromatic N) is 4. The van der Waals surface area contributed by atoms with Crippen LogP contribution in [0.25, 0.3) is 21.7 Å². The Morgan fingerprint density at radius 1 is 0.971 bits per heavy atom. The molecule has 3 heterocycles. The first-order valence-corrected chi connectivity index (χ1v) is 13.1. The van der Waals surface area contributed by atoms with Gasteiger partial charge in [0.05, 0.1) is 5.69 Å². The van der Waals surface area contributed by atoms with Gasteiger partial charge in [-0.1, -0.05) is 65.9 Å². The van der Waals surface area contributed by atoms with Gasteiger partial charge in [-0.25, -0.2) is 4.98 Å². The van der Waals surface area contributed by atoms with E-state index in [0.29, 0.717) is 25.2 Å². The normalized spacial score (nSPS) is 11.2. The predicted octanol–water partition coefficient (Wildman–Crippen LogP) is 6.53. The fourth-order valence-electron chi connectivity index (χ4n) is 3.69. The van der Waals surface area contributed by atoms with Crippen molar-refractivity contribution in [3.63, 3.8) is 0 Å². The van der Waals surface area contributed by atoms with Crippen molar-refractivity contribution in [3.05, 3.63) is 104 Å². The Morgan fingerprint density at radius 3 is 2.35 bits per heavy atom. The molecule has 3 aromatic heterocycles. The number of fused-ring (bicyclic) bond motifs is 1. The summed E-state index contributed by atoms with van der Waals surface area (Å²) in [4.78, 5) is 23.0. The molecule has 34 heavy (non-hydrogen) atoms. The lowest BCUT2D eigenvalue weighted by Crippen LogP contribution is -2.21. The monoisotopic (exact) mass is 502 g/mol. The summed E-state index contributed by atoms with van der Waals surface area (Å²) in [6.45, 7) is 4.16. The van der Waals surface area contributed by atoms with Gasteiger partial charge in [-0.15, -0.1) is 0 Å². The summed E-state index contributed by atoms with van der Waals surface area (Å²) >= 11 is 8.52. The highest BCUT2D eigenvalue weighted by atomic mass is 32.2. The quantitative estimate of drug-likeness (QED) is 0.150. The molecule has 0 fully saturated rings. The van der Waals surface area contributed by atoms with Crippen LogP contribution in [-0.2, 0) is 12.2 Å². The lowest BCUT2D eigenvalue weighted by Gasteiger charge is -2.13. The Bertz CT molecular complexity index is 1570. The number of rotatable bonds is 6. The van der Waals surface area contributed by atoms with Gasteiger partial charge in [-0.05, 0) is 67.0 Å². The number of hydrogen-bond donors (Lipinski definition) is 0. The number of aryl methyl sites for hydroxylation is 2. The molecule has 0 atom stereocenters. The zero-order chi connectivity index (χ0) is 23.7. The molecule has 0 bridgehead atoms. The van der Waals surface area contributed by atoms with Crippen LogP contribution in [0.3, 0.4) is 0 Å². The van der Waals surface area contributed by atoms with Gasteiger partial charge in [0.2, 0.25) is 0 Å². The van der Waals surface area contributed by atoms with Crippen LogP contribution in [0, 0.1) is 10.9 Å². The van der Waals surface area contributed by atoms with E-state index in [1.165, 1.54) is 28.7 Å². The number of benzene rings is 2. The SMILES string of the molecule is CCc1ccc(-n2c(=S)sc3c(=O)n(-c4ccc(C)cc4)c(SCc4cccnc4)nc32)cc1. The largest absolute Gasteiger partial charge is 0.278 e. The van der Waals surface area contributed by atoms with Crippen molar-refractivity contribution in [2.24, 2.45) is 0 Å². The zero-order valence-electron chi connectivity index (χ0n) is 18.8. The second-order valence-electron chi connectivity index (χ2n) is 7.90. The average Bonchev–Trinajstić information content (AvgIpc) is 3.20. The number of pyridine rings is 1. The highest BCUT2D eigenvalue weighted by molar-refractivity contribution is 7.98. The minimum absolute atomic E-state index is 0.109. The first-order chi connectivity index (χ1) is 16.5. The van der Waals surface area contributed by atoms with Gasteiger partial charge in [-0.3, -0.25) is 18.9 Å². The third kappa shape index (κ3) is 4.36. The topological polar surface area (TPSA) is 52.7 Å². The molecule has 0 N–H and O–H groups in total. The van der Waals surface area contributed by atoms with E-state index in [4.69, 9.17) is 17.2 Å². The van der Waals surface area contributed by atoms with E-state index in [1.807, 2.05) is 66.2 Å². The van der Waals surface area contributed by atoms with Gasteiger partial charge in [0.25, 0.3) is 5.56 Å². The molecule has 0 unspecified atom stereocenters. The smallest absolute Gasteiger partial charge is 0.275 e. The maximum atomic E-state index is 13.8. The van der Waals surface area contributed by atoms with Crippen molar-refractivity contribution in [3.8, 4) is 11.4 Å². The maximum Gasteiger partial charge on any atom is 0.278 e. The summed E-state index contributed by atoms with van der Waals surface area (Å²) in [5, 5.41) is 0.622. The van der Waals surface area contributed by atoms with E-state index in [-0.39, 0.29) is 5.56 Å². The van der Waals surface area contributed by atoms with E-state index in [0.717, 1.165) is 28.9 Å². The van der Waals surface area contributed by atoms with Crippen LogP contribution < -0.4 is 5.56 Å². The third-order valence-corrected chi connectivity index (χ3v) is 7.92. The van der Waals surface area contributed by atoms with Crippen LogP contribution in [0.2, 0.25) is 0 Å². The standard InChI is InChI=1S/C26H22N4OS3/c1-3-18-8-12-20(13-9-18)29-23-22(34-26(29)32)24(31)30(21-10-6-17(2)7-11-21)25(28-23)33-16-19-5-4-14-27-15-19/h4-15H,3,16H2,1-2H3. The van der Waals surface area contributed by atoms with E-state index >= 15 is 0 Å². The van der Waals surface area contributed by atoms with Crippen LogP contribution >= 0.6 is 35.3 Å². The molecular formula is C26H22N4OS3. The second-order valence-corrected chi connectivity index (χ2v) is 10.5. The van der Waals surface area contributed by atoms with Crippen molar-refractivity contribution in [2.45, 2.75) is 31.2 Å². The summed E-state index contributed by atoms with van der Waals surface area (Å²) in [5.74, 6) is 0.647. The Hall–Kier alpha value is -3.07. The maximum absolute atomic E-state index is 13.8. The molecule has 0 radical (unpaired) electrons. The van der Waals surface area contributed by atoms with Gasteiger partial charge in [0.15, 0.2) is 14.8 Å². The molecule has 2 aromatic carbocycles. The molecule has 0 saturated heterocycles. The lowest BCUT2D eigenvalue weighted by molar-refractivity contribution is 0.811. The lowest BCUT2D eigenvalue weighted by atomic mass is 10.1. The second kappa shape index (κ2) is 9.66. The molecular weight excluding hydrogens is 481 g/mol. The predicted molar refractivity (Wildman–Crippen MR) is 143 cm³/mol. The zero-order valence-corrected chi connectivity index (χ0v) is 21.2. The molecule has 5 aromatic rings. The number of thiazole rings is 1. The molecule has 0 aliphatic rings. The number of hydrogen-bond acceptors (Lipinski definition) is 6. The minimum Gasteiger partial charge on any atom is -0.275 e. The first-order valence-electron chi connectivity index (χ1n) is 10.9. The van der Waals surface area contributed by atoms with E-state index < -0.39 is 0 Å². The molecule has 0 amide bonds. The Morgan fingerprint density at radius 2 is 1.68 bits per heavy atom. The Balaban J connectivity index is 1.71. The molecule has 8 heteroatoms. The van der Waals surface area contributed by atoms with Gasteiger partial charge in [0.1, 0.15) is 4.70 Å². The highest BCUT2D eigenvalue weighted by Gasteiger charge is 2.19. The molecule has 0 saturated carbocycles. The van der Waals surface area contributed by atoms with Gasteiger partial charge in [0, 0.05) is 23.8 Å². The molecule has 170 valence electrons. The van der Waals surface area contributed by atoms with Crippen LogP contribution in [-0.4, -0.2) is 19.1 Å². The molecule has 0 spiro atoms. The van der Waals surface area contributed by atoms with Crippen LogP contribution in [0.4, 0.5) is 0 Å². The van der Waals surface area contributed by atoms with E-state index in [2.05, 4.69) is 24.0 Å². The van der Waals surface area contributed by atoms with Crippen molar-refractivity contribution in [1.29, 1.82) is 0 Å². The minimum atomic E-state index is -0.109. The van der Waals surface area contributed by atoms with Crippen LogP contribution in [0.1, 0.15) is 23.6 Å².